The molecule has 0 radical (unpaired) electrons. The summed E-state index contributed by atoms with van der Waals surface area (Å²) in [5, 5.41) is 3.09. The van der Waals surface area contributed by atoms with E-state index in [1.807, 2.05) is 49.9 Å². The number of carbonyl (C=O) groups excluding carboxylic acids is 1. The third kappa shape index (κ3) is 5.13. The van der Waals surface area contributed by atoms with Gasteiger partial charge in [-0.25, -0.2) is 4.79 Å². The van der Waals surface area contributed by atoms with Gasteiger partial charge in [-0.2, -0.15) is 0 Å². The number of ether oxygens (including phenoxy) is 1. The zero-order valence-electron chi connectivity index (χ0n) is 14.7. The molecule has 1 atom stereocenters. The maximum Gasteiger partial charge on any atom is 0.317 e. The predicted molar refractivity (Wildman–Crippen MR) is 92.8 cm³/mol. The molecule has 0 aliphatic carbocycles. The number of nitrogens with one attached hydrogen (secondary N) is 1. The Hall–Kier alpha value is -1.75. The van der Waals surface area contributed by atoms with E-state index in [2.05, 4.69) is 17.1 Å². The lowest BCUT2D eigenvalue weighted by molar-refractivity contribution is 0.141. The fourth-order valence-corrected chi connectivity index (χ4v) is 2.73. The highest BCUT2D eigenvalue weighted by Gasteiger charge is 2.21. The van der Waals surface area contributed by atoms with E-state index in [-0.39, 0.29) is 18.2 Å². The minimum atomic E-state index is -0.0141. The van der Waals surface area contributed by atoms with Gasteiger partial charge in [-0.1, -0.05) is 19.1 Å². The molecule has 1 aliphatic rings. The van der Waals surface area contributed by atoms with Crippen LogP contribution >= 0.6 is 0 Å². The largest absolute Gasteiger partial charge is 0.491 e. The van der Waals surface area contributed by atoms with Crippen molar-refractivity contribution in [3.8, 4) is 5.75 Å². The van der Waals surface area contributed by atoms with E-state index in [0.29, 0.717) is 0 Å². The Morgan fingerprint density at radius 3 is 2.26 bits per heavy atom. The van der Waals surface area contributed by atoms with E-state index in [1.54, 1.807) is 0 Å². The van der Waals surface area contributed by atoms with Crippen LogP contribution < -0.4 is 10.1 Å². The number of hydrogen-bond acceptors (Lipinski definition) is 3. The standard InChI is InChI=1S/C18H29N3O2/c1-5-20-10-12-21(13-11-20)18(22)19-15(4)16-6-8-17(9-7-16)23-14(2)3/h6-9,14-15H,5,10-13H2,1-4H3,(H,19,22). The van der Waals surface area contributed by atoms with Gasteiger partial charge in [-0.3, -0.25) is 0 Å². The van der Waals surface area contributed by atoms with Crippen LogP contribution in [0.4, 0.5) is 4.79 Å². The first kappa shape index (κ1) is 17.6. The molecule has 2 amide bonds. The van der Waals surface area contributed by atoms with Gasteiger partial charge in [0.15, 0.2) is 0 Å². The highest BCUT2D eigenvalue weighted by Crippen LogP contribution is 2.19. The minimum Gasteiger partial charge on any atom is -0.491 e. The van der Waals surface area contributed by atoms with Crippen molar-refractivity contribution in [3.05, 3.63) is 29.8 Å². The van der Waals surface area contributed by atoms with Gasteiger partial charge in [0.2, 0.25) is 0 Å². The molecular formula is C18H29N3O2. The average molecular weight is 319 g/mol. The van der Waals surface area contributed by atoms with Crippen LogP contribution in [0.1, 0.15) is 39.3 Å². The van der Waals surface area contributed by atoms with Gasteiger partial charge >= 0.3 is 6.03 Å². The Kier molecular flexibility index (Phi) is 6.28. The van der Waals surface area contributed by atoms with Gasteiger partial charge in [0.05, 0.1) is 12.1 Å². The number of amides is 2. The summed E-state index contributed by atoms with van der Waals surface area (Å²) in [7, 11) is 0. The molecule has 1 N–H and O–H groups in total. The Bertz CT molecular complexity index is 493. The van der Waals surface area contributed by atoms with Crippen molar-refractivity contribution < 1.29 is 9.53 Å². The van der Waals surface area contributed by atoms with Crippen LogP contribution in [-0.4, -0.2) is 54.7 Å². The van der Waals surface area contributed by atoms with Crippen molar-refractivity contribution in [2.45, 2.75) is 39.8 Å². The average Bonchev–Trinajstić information content (AvgIpc) is 2.55. The van der Waals surface area contributed by atoms with Gasteiger partial charge in [-0.05, 0) is 45.0 Å². The van der Waals surface area contributed by atoms with Gasteiger partial charge in [0.25, 0.3) is 0 Å². The molecule has 0 saturated carbocycles. The monoisotopic (exact) mass is 319 g/mol. The lowest BCUT2D eigenvalue weighted by Gasteiger charge is -2.34. The van der Waals surface area contributed by atoms with Crippen LogP contribution in [0.15, 0.2) is 24.3 Å². The lowest BCUT2D eigenvalue weighted by atomic mass is 10.1. The number of rotatable bonds is 5. The number of carbonyl (C=O) groups is 1. The molecule has 0 bridgehead atoms. The predicted octanol–water partition coefficient (Wildman–Crippen LogP) is 2.88. The molecule has 128 valence electrons. The summed E-state index contributed by atoms with van der Waals surface area (Å²) in [5.41, 5.74) is 1.08. The van der Waals surface area contributed by atoms with Crippen LogP contribution in [0.3, 0.4) is 0 Å². The van der Waals surface area contributed by atoms with E-state index >= 15 is 0 Å². The number of hydrogen-bond donors (Lipinski definition) is 1. The first-order chi connectivity index (χ1) is 11.0. The van der Waals surface area contributed by atoms with Gasteiger partial charge in [0.1, 0.15) is 5.75 Å². The number of benzene rings is 1. The second-order valence-corrected chi connectivity index (χ2v) is 6.33. The Morgan fingerprint density at radius 2 is 1.74 bits per heavy atom. The van der Waals surface area contributed by atoms with Crippen molar-refractivity contribution in [1.82, 2.24) is 15.1 Å². The fraction of sp³-hybridized carbons (Fsp3) is 0.611. The molecule has 0 aromatic heterocycles. The Morgan fingerprint density at radius 1 is 1.13 bits per heavy atom. The number of piperazine rings is 1. The number of likely N-dealkylation sites (N-methyl/N-ethyl adjacent to an activating group) is 1. The molecule has 5 nitrogen and oxygen atoms in total. The van der Waals surface area contributed by atoms with E-state index < -0.39 is 0 Å². The summed E-state index contributed by atoms with van der Waals surface area (Å²) in [6, 6.07) is 7.95. The van der Waals surface area contributed by atoms with Crippen LogP contribution in [0.25, 0.3) is 0 Å². The van der Waals surface area contributed by atoms with Crippen molar-refractivity contribution in [3.63, 3.8) is 0 Å². The van der Waals surface area contributed by atoms with Crippen molar-refractivity contribution in [2.24, 2.45) is 0 Å². The van der Waals surface area contributed by atoms with Crippen molar-refractivity contribution in [2.75, 3.05) is 32.7 Å². The quantitative estimate of drug-likeness (QED) is 0.907. The Balaban J connectivity index is 1.86. The highest BCUT2D eigenvalue weighted by molar-refractivity contribution is 5.74. The van der Waals surface area contributed by atoms with Crippen LogP contribution in [0.5, 0.6) is 5.75 Å². The first-order valence-electron chi connectivity index (χ1n) is 8.54. The fourth-order valence-electron chi connectivity index (χ4n) is 2.73. The molecule has 1 saturated heterocycles. The highest BCUT2D eigenvalue weighted by atomic mass is 16.5. The number of urea groups is 1. The SMILES string of the molecule is CCN1CCN(C(=O)NC(C)c2ccc(OC(C)C)cc2)CC1. The van der Waals surface area contributed by atoms with E-state index in [1.165, 1.54) is 0 Å². The zero-order valence-corrected chi connectivity index (χ0v) is 14.7. The Labute approximate surface area is 139 Å². The molecule has 1 aromatic carbocycles. The summed E-state index contributed by atoms with van der Waals surface area (Å²) in [6.07, 6.45) is 0.166. The molecule has 0 spiro atoms. The smallest absolute Gasteiger partial charge is 0.317 e. The maximum absolute atomic E-state index is 12.4. The molecule has 2 rings (SSSR count). The van der Waals surface area contributed by atoms with Gasteiger partial charge in [-0.15, -0.1) is 0 Å². The second kappa shape index (κ2) is 8.20. The summed E-state index contributed by atoms with van der Waals surface area (Å²) in [4.78, 5) is 16.6. The van der Waals surface area contributed by atoms with Gasteiger partial charge in [0, 0.05) is 26.2 Å². The maximum atomic E-state index is 12.4. The first-order valence-corrected chi connectivity index (χ1v) is 8.54. The molecule has 1 fully saturated rings. The van der Waals surface area contributed by atoms with Crippen LogP contribution in [-0.2, 0) is 0 Å². The topological polar surface area (TPSA) is 44.8 Å². The third-order valence-corrected chi connectivity index (χ3v) is 4.20. The summed E-state index contributed by atoms with van der Waals surface area (Å²) in [5.74, 6) is 0.859. The minimum absolute atomic E-state index is 0.0141. The lowest BCUT2D eigenvalue weighted by Crippen LogP contribution is -2.51. The molecule has 1 unspecified atom stereocenters. The van der Waals surface area contributed by atoms with E-state index in [9.17, 15) is 4.79 Å². The molecule has 1 aromatic rings. The third-order valence-electron chi connectivity index (χ3n) is 4.20. The summed E-state index contributed by atoms with van der Waals surface area (Å²) in [6.45, 7) is 12.8. The van der Waals surface area contributed by atoms with E-state index in [4.69, 9.17) is 4.74 Å². The van der Waals surface area contributed by atoms with Crippen LogP contribution in [0.2, 0.25) is 0 Å². The molecule has 23 heavy (non-hydrogen) atoms. The zero-order chi connectivity index (χ0) is 16.8. The van der Waals surface area contributed by atoms with Crippen molar-refractivity contribution >= 4 is 6.03 Å². The number of nitrogens with zero attached hydrogens (tertiary/aromatic N) is 2. The van der Waals surface area contributed by atoms with Crippen molar-refractivity contribution in [1.29, 1.82) is 0 Å². The summed E-state index contributed by atoms with van der Waals surface area (Å²) < 4.78 is 5.65. The van der Waals surface area contributed by atoms with Crippen LogP contribution in [0, 0.1) is 0 Å². The second-order valence-electron chi connectivity index (χ2n) is 6.33. The van der Waals surface area contributed by atoms with Gasteiger partial charge < -0.3 is 19.9 Å². The molecular weight excluding hydrogens is 290 g/mol. The molecule has 1 heterocycles. The normalized spacial score (nSPS) is 17.2. The van der Waals surface area contributed by atoms with E-state index in [0.717, 1.165) is 44.0 Å². The molecule has 5 heteroatoms. The molecule has 1 aliphatic heterocycles. The summed E-state index contributed by atoms with van der Waals surface area (Å²) >= 11 is 0.